The van der Waals surface area contributed by atoms with Crippen LogP contribution in [0.2, 0.25) is 0 Å². The van der Waals surface area contributed by atoms with E-state index in [-0.39, 0.29) is 11.3 Å². The van der Waals surface area contributed by atoms with Gasteiger partial charge in [0, 0.05) is 15.9 Å². The maximum atomic E-state index is 12.0. The molecular weight excluding hydrogens is 324 g/mol. The fraction of sp³-hybridized carbons (Fsp3) is 0.154. The predicted molar refractivity (Wildman–Crippen MR) is 78.4 cm³/mol. The third-order valence-corrected chi connectivity index (χ3v) is 2.97. The highest BCUT2D eigenvalue weighted by Crippen LogP contribution is 2.21. The third kappa shape index (κ3) is 3.45. The van der Waals surface area contributed by atoms with Crippen LogP contribution in [-0.2, 0) is 0 Å². The summed E-state index contributed by atoms with van der Waals surface area (Å²) >= 11 is 3.24. The van der Waals surface area contributed by atoms with Crippen LogP contribution in [0.4, 0.5) is 5.95 Å². The van der Waals surface area contributed by atoms with E-state index < -0.39 is 5.91 Å². The first kappa shape index (κ1) is 14.3. The maximum Gasteiger partial charge on any atom is 0.273 e. The second kappa shape index (κ2) is 5.87. The second-order valence-electron chi connectivity index (χ2n) is 4.21. The smallest absolute Gasteiger partial charge is 0.273 e. The van der Waals surface area contributed by atoms with E-state index in [0.717, 1.165) is 11.4 Å². The Bertz CT molecular complexity index is 641. The van der Waals surface area contributed by atoms with Gasteiger partial charge in [-0.1, -0.05) is 15.9 Å². The van der Waals surface area contributed by atoms with E-state index in [1.54, 1.807) is 6.07 Å². The first-order chi connectivity index (χ1) is 9.45. The number of benzene rings is 1. The molecule has 1 aromatic heterocycles. The molecule has 3 N–H and O–H groups in total. The number of nitrogens with zero attached hydrogens (tertiary/aromatic N) is 2. The normalized spacial score (nSPS) is 10.2. The number of phenolic OH excluding ortho intramolecular Hbond substituents is 1. The Morgan fingerprint density at radius 1 is 1.20 bits per heavy atom. The molecule has 0 aliphatic carbocycles. The largest absolute Gasteiger partial charge is 0.507 e. The van der Waals surface area contributed by atoms with Gasteiger partial charge in [-0.05, 0) is 38.1 Å². The molecule has 0 saturated heterocycles. The van der Waals surface area contributed by atoms with E-state index in [9.17, 15) is 9.90 Å². The van der Waals surface area contributed by atoms with Crippen molar-refractivity contribution in [1.29, 1.82) is 0 Å². The van der Waals surface area contributed by atoms with Gasteiger partial charge in [-0.25, -0.2) is 9.97 Å². The summed E-state index contributed by atoms with van der Waals surface area (Å²) in [6.45, 7) is 3.67. The lowest BCUT2D eigenvalue weighted by Gasteiger charge is -2.09. The van der Waals surface area contributed by atoms with Crippen molar-refractivity contribution in [2.24, 2.45) is 0 Å². The number of halogens is 1. The van der Waals surface area contributed by atoms with E-state index in [0.29, 0.717) is 10.4 Å². The number of aryl methyl sites for hydroxylation is 2. The van der Waals surface area contributed by atoms with Crippen LogP contribution in [0.15, 0.2) is 28.7 Å². The number of anilines is 1. The molecular formula is C13H13BrN4O2. The molecule has 0 saturated carbocycles. The number of hydrogen-bond acceptors (Lipinski definition) is 5. The number of carbonyl (C=O) groups excluding carboxylic acids is 1. The van der Waals surface area contributed by atoms with E-state index >= 15 is 0 Å². The van der Waals surface area contributed by atoms with Crippen LogP contribution in [-0.4, -0.2) is 21.0 Å². The quantitative estimate of drug-likeness (QED) is 0.748. The zero-order valence-corrected chi connectivity index (χ0v) is 12.5. The standard InChI is InChI=1S/C13H13BrN4O2/c1-7-5-8(2)16-13(15-7)18-17-12(20)10-6-9(14)3-4-11(10)19/h3-6,19H,1-2H3,(H,17,20)(H,15,16,18). The van der Waals surface area contributed by atoms with E-state index in [1.807, 2.05) is 19.9 Å². The number of phenols is 1. The average molecular weight is 337 g/mol. The SMILES string of the molecule is Cc1cc(C)nc(NNC(=O)c2cc(Br)ccc2O)n1. The lowest BCUT2D eigenvalue weighted by atomic mass is 10.2. The van der Waals surface area contributed by atoms with Crippen LogP contribution >= 0.6 is 15.9 Å². The maximum absolute atomic E-state index is 12.0. The minimum atomic E-state index is -0.480. The molecule has 6 nitrogen and oxygen atoms in total. The van der Waals surface area contributed by atoms with E-state index in [4.69, 9.17) is 0 Å². The van der Waals surface area contributed by atoms with Crippen molar-refractivity contribution in [3.05, 3.63) is 45.7 Å². The molecule has 1 heterocycles. The molecule has 20 heavy (non-hydrogen) atoms. The number of aromatic nitrogens is 2. The Morgan fingerprint density at radius 2 is 1.85 bits per heavy atom. The van der Waals surface area contributed by atoms with E-state index in [2.05, 4.69) is 36.7 Å². The lowest BCUT2D eigenvalue weighted by molar-refractivity contribution is 0.0959. The van der Waals surface area contributed by atoms with Crippen molar-refractivity contribution in [1.82, 2.24) is 15.4 Å². The molecule has 0 aliphatic rings. The van der Waals surface area contributed by atoms with Crippen molar-refractivity contribution in [2.75, 3.05) is 5.43 Å². The van der Waals surface area contributed by atoms with Crippen LogP contribution < -0.4 is 10.9 Å². The summed E-state index contributed by atoms with van der Waals surface area (Å²) in [5.74, 6) is -0.286. The molecule has 0 radical (unpaired) electrons. The first-order valence-electron chi connectivity index (χ1n) is 5.83. The minimum Gasteiger partial charge on any atom is -0.507 e. The van der Waals surface area contributed by atoms with Crippen molar-refractivity contribution < 1.29 is 9.90 Å². The minimum absolute atomic E-state index is 0.103. The number of hydrogen-bond donors (Lipinski definition) is 3. The Hall–Kier alpha value is -2.15. The number of hydrazine groups is 1. The van der Waals surface area contributed by atoms with Crippen molar-refractivity contribution in [3.8, 4) is 5.75 Å². The van der Waals surface area contributed by atoms with Crippen LogP contribution in [0.5, 0.6) is 5.75 Å². The molecule has 1 amide bonds. The molecule has 0 atom stereocenters. The third-order valence-electron chi connectivity index (χ3n) is 2.47. The number of nitrogens with one attached hydrogen (secondary N) is 2. The van der Waals surface area contributed by atoms with Crippen molar-refractivity contribution >= 4 is 27.8 Å². The molecule has 7 heteroatoms. The van der Waals surface area contributed by atoms with Gasteiger partial charge < -0.3 is 5.11 Å². The van der Waals surface area contributed by atoms with Gasteiger partial charge in [-0.15, -0.1) is 0 Å². The van der Waals surface area contributed by atoms with Crippen LogP contribution in [0.3, 0.4) is 0 Å². The highest BCUT2D eigenvalue weighted by Gasteiger charge is 2.11. The Kier molecular flexibility index (Phi) is 4.19. The van der Waals surface area contributed by atoms with Gasteiger partial charge in [0.05, 0.1) is 5.56 Å². The van der Waals surface area contributed by atoms with Crippen LogP contribution in [0.1, 0.15) is 21.7 Å². The van der Waals surface area contributed by atoms with Gasteiger partial charge in [-0.2, -0.15) is 0 Å². The van der Waals surface area contributed by atoms with Crippen LogP contribution in [0, 0.1) is 13.8 Å². The first-order valence-corrected chi connectivity index (χ1v) is 6.62. The monoisotopic (exact) mass is 336 g/mol. The number of carbonyl (C=O) groups is 1. The highest BCUT2D eigenvalue weighted by atomic mass is 79.9. The zero-order chi connectivity index (χ0) is 14.7. The van der Waals surface area contributed by atoms with Gasteiger partial charge in [0.15, 0.2) is 0 Å². The van der Waals surface area contributed by atoms with Crippen LogP contribution in [0.25, 0.3) is 0 Å². The number of aromatic hydroxyl groups is 1. The summed E-state index contributed by atoms with van der Waals surface area (Å²) in [4.78, 5) is 20.2. The molecule has 0 aliphatic heterocycles. The summed E-state index contributed by atoms with van der Waals surface area (Å²) in [5.41, 5.74) is 6.80. The average Bonchev–Trinajstić information content (AvgIpc) is 2.38. The fourth-order valence-electron chi connectivity index (χ4n) is 1.65. The topological polar surface area (TPSA) is 87.1 Å². The number of rotatable bonds is 3. The molecule has 104 valence electrons. The Morgan fingerprint density at radius 3 is 2.50 bits per heavy atom. The molecule has 1 aromatic carbocycles. The summed E-state index contributed by atoms with van der Waals surface area (Å²) < 4.78 is 0.697. The molecule has 0 spiro atoms. The summed E-state index contributed by atoms with van der Waals surface area (Å²) in [6.07, 6.45) is 0. The van der Waals surface area contributed by atoms with Gasteiger partial charge in [-0.3, -0.25) is 15.6 Å². The predicted octanol–water partition coefficient (Wildman–Crippen LogP) is 2.32. The highest BCUT2D eigenvalue weighted by molar-refractivity contribution is 9.10. The molecule has 0 unspecified atom stereocenters. The van der Waals surface area contributed by atoms with Gasteiger partial charge in [0.25, 0.3) is 5.91 Å². The molecule has 0 fully saturated rings. The Labute approximate surface area is 124 Å². The van der Waals surface area contributed by atoms with Gasteiger partial charge >= 0.3 is 0 Å². The zero-order valence-electron chi connectivity index (χ0n) is 10.9. The van der Waals surface area contributed by atoms with Crippen molar-refractivity contribution in [2.45, 2.75) is 13.8 Å². The second-order valence-corrected chi connectivity index (χ2v) is 5.13. The fourth-order valence-corrected chi connectivity index (χ4v) is 2.01. The lowest BCUT2D eigenvalue weighted by Crippen LogP contribution is -2.30. The van der Waals surface area contributed by atoms with Crippen molar-refractivity contribution in [3.63, 3.8) is 0 Å². The Balaban J connectivity index is 2.10. The summed E-state index contributed by atoms with van der Waals surface area (Å²) in [7, 11) is 0. The molecule has 2 aromatic rings. The number of amides is 1. The van der Waals surface area contributed by atoms with E-state index in [1.165, 1.54) is 12.1 Å². The summed E-state index contributed by atoms with van der Waals surface area (Å²) in [6, 6.07) is 6.43. The molecule has 0 bridgehead atoms. The van der Waals surface area contributed by atoms with Gasteiger partial charge in [0.1, 0.15) is 5.75 Å². The molecule has 2 rings (SSSR count). The van der Waals surface area contributed by atoms with Gasteiger partial charge in [0.2, 0.25) is 5.95 Å². The summed E-state index contributed by atoms with van der Waals surface area (Å²) in [5, 5.41) is 9.65.